The molecule has 2 heterocycles. The maximum atomic E-state index is 13.2. The topological polar surface area (TPSA) is 36.0 Å². The largest absolute Gasteiger partial charge is 0.445 e. The molecule has 212 valence electrons. The molecular formula is C35H45N3O2. The summed E-state index contributed by atoms with van der Waals surface area (Å²) >= 11 is 0. The number of benzene rings is 3. The van der Waals surface area contributed by atoms with Crippen LogP contribution in [0.5, 0.6) is 0 Å². The number of hydrogen-bond donors (Lipinski definition) is 0. The van der Waals surface area contributed by atoms with Gasteiger partial charge in [0.15, 0.2) is 0 Å². The van der Waals surface area contributed by atoms with E-state index in [0.29, 0.717) is 18.4 Å². The van der Waals surface area contributed by atoms with Crippen LogP contribution in [0.3, 0.4) is 0 Å². The molecule has 40 heavy (non-hydrogen) atoms. The van der Waals surface area contributed by atoms with Crippen LogP contribution in [0, 0.1) is 5.92 Å². The van der Waals surface area contributed by atoms with Gasteiger partial charge in [-0.3, -0.25) is 4.90 Å². The Morgan fingerprint density at radius 1 is 0.850 bits per heavy atom. The second-order valence-electron chi connectivity index (χ2n) is 11.7. The fourth-order valence-electron chi connectivity index (χ4n) is 6.59. The van der Waals surface area contributed by atoms with E-state index in [-0.39, 0.29) is 18.2 Å². The summed E-state index contributed by atoms with van der Waals surface area (Å²) in [5.41, 5.74) is 3.88. The number of ether oxygens (including phenoxy) is 1. The Bertz CT molecular complexity index is 1170. The Morgan fingerprint density at radius 3 is 2.08 bits per heavy atom. The molecule has 0 spiro atoms. The molecule has 0 saturated carbocycles. The van der Waals surface area contributed by atoms with Crippen molar-refractivity contribution in [2.45, 2.75) is 64.3 Å². The average Bonchev–Trinajstić information content (AvgIpc) is 3.40. The van der Waals surface area contributed by atoms with Crippen molar-refractivity contribution in [3.63, 3.8) is 0 Å². The molecule has 3 unspecified atom stereocenters. The Hall–Kier alpha value is -3.15. The van der Waals surface area contributed by atoms with Gasteiger partial charge in [-0.25, -0.2) is 4.79 Å². The molecule has 2 aliphatic heterocycles. The monoisotopic (exact) mass is 539 g/mol. The lowest BCUT2D eigenvalue weighted by Gasteiger charge is -2.41. The summed E-state index contributed by atoms with van der Waals surface area (Å²) in [5, 5.41) is 0. The third-order valence-corrected chi connectivity index (χ3v) is 8.92. The fraction of sp³-hybridized carbons (Fsp3) is 0.457. The summed E-state index contributed by atoms with van der Waals surface area (Å²) in [6.07, 6.45) is 2.76. The molecule has 2 saturated heterocycles. The van der Waals surface area contributed by atoms with Crippen LogP contribution in [0.25, 0.3) is 0 Å². The number of likely N-dealkylation sites (tertiary alicyclic amines) is 2. The first-order chi connectivity index (χ1) is 19.6. The van der Waals surface area contributed by atoms with Crippen LogP contribution in [0.2, 0.25) is 0 Å². The van der Waals surface area contributed by atoms with Crippen molar-refractivity contribution in [2.24, 2.45) is 5.92 Å². The highest BCUT2D eigenvalue weighted by Gasteiger charge is 2.37. The van der Waals surface area contributed by atoms with E-state index in [1.54, 1.807) is 0 Å². The molecular weight excluding hydrogens is 494 g/mol. The van der Waals surface area contributed by atoms with Gasteiger partial charge in [-0.1, -0.05) is 97.9 Å². The van der Waals surface area contributed by atoms with E-state index in [0.717, 1.165) is 64.1 Å². The van der Waals surface area contributed by atoms with Crippen LogP contribution in [0.15, 0.2) is 91.0 Å². The highest BCUT2D eigenvalue weighted by atomic mass is 16.6. The van der Waals surface area contributed by atoms with Crippen LogP contribution in [-0.4, -0.2) is 65.6 Å². The number of carbonyl (C=O) groups is 1. The van der Waals surface area contributed by atoms with E-state index < -0.39 is 0 Å². The van der Waals surface area contributed by atoms with Gasteiger partial charge in [-0.2, -0.15) is 0 Å². The van der Waals surface area contributed by atoms with Crippen molar-refractivity contribution in [3.05, 3.63) is 108 Å². The minimum Gasteiger partial charge on any atom is -0.445 e. The van der Waals surface area contributed by atoms with Gasteiger partial charge in [0, 0.05) is 57.3 Å². The lowest BCUT2D eigenvalue weighted by Crippen LogP contribution is -2.51. The van der Waals surface area contributed by atoms with Gasteiger partial charge in [0.25, 0.3) is 0 Å². The Labute approximate surface area is 240 Å². The zero-order valence-corrected chi connectivity index (χ0v) is 24.2. The molecule has 5 rings (SSSR count). The predicted octanol–water partition coefficient (Wildman–Crippen LogP) is 6.80. The van der Waals surface area contributed by atoms with Gasteiger partial charge in [0.1, 0.15) is 6.61 Å². The van der Waals surface area contributed by atoms with E-state index in [9.17, 15) is 4.79 Å². The third-order valence-electron chi connectivity index (χ3n) is 8.92. The SMILES string of the molecule is CCC(C)N(C(=O)OCc1ccccc1)C1CCN(CC2CN(Cc3ccccc3)CC2c2ccccc2)CC1. The normalized spacial score (nSPS) is 21.2. The first-order valence-electron chi connectivity index (χ1n) is 15.1. The zero-order chi connectivity index (χ0) is 27.7. The summed E-state index contributed by atoms with van der Waals surface area (Å²) in [4.78, 5) is 20.6. The van der Waals surface area contributed by atoms with Crippen molar-refractivity contribution in [1.82, 2.24) is 14.7 Å². The quantitative estimate of drug-likeness (QED) is 0.284. The van der Waals surface area contributed by atoms with E-state index in [1.165, 1.54) is 11.1 Å². The minimum absolute atomic E-state index is 0.170. The maximum Gasteiger partial charge on any atom is 0.410 e. The molecule has 0 bridgehead atoms. The average molecular weight is 540 g/mol. The summed E-state index contributed by atoms with van der Waals surface area (Å²) in [6, 6.07) is 32.3. The zero-order valence-electron chi connectivity index (χ0n) is 24.2. The molecule has 0 aliphatic carbocycles. The van der Waals surface area contributed by atoms with Crippen LogP contribution in [0.4, 0.5) is 4.79 Å². The summed E-state index contributed by atoms with van der Waals surface area (Å²) < 4.78 is 5.79. The minimum atomic E-state index is -0.173. The number of carbonyl (C=O) groups excluding carboxylic acids is 1. The number of nitrogens with zero attached hydrogens (tertiary/aromatic N) is 3. The van der Waals surface area contributed by atoms with Gasteiger partial charge >= 0.3 is 6.09 Å². The van der Waals surface area contributed by atoms with Crippen LogP contribution in [0.1, 0.15) is 55.7 Å². The third kappa shape index (κ3) is 7.32. The summed E-state index contributed by atoms with van der Waals surface area (Å²) in [5.74, 6) is 1.15. The molecule has 2 fully saturated rings. The van der Waals surface area contributed by atoms with Crippen LogP contribution < -0.4 is 0 Å². The van der Waals surface area contributed by atoms with Crippen LogP contribution in [-0.2, 0) is 17.9 Å². The lowest BCUT2D eigenvalue weighted by atomic mass is 9.88. The molecule has 5 nitrogen and oxygen atoms in total. The molecule has 3 aromatic rings. The van der Waals surface area contributed by atoms with E-state index in [1.807, 2.05) is 35.2 Å². The van der Waals surface area contributed by atoms with E-state index in [4.69, 9.17) is 4.74 Å². The summed E-state index contributed by atoms with van der Waals surface area (Å²) in [7, 11) is 0. The Kier molecular flexibility index (Phi) is 9.90. The second kappa shape index (κ2) is 14.0. The fourth-order valence-corrected chi connectivity index (χ4v) is 6.59. The standard InChI is InChI=1S/C35H45N3O2/c1-3-28(2)38(35(39)40-27-30-15-9-5-10-16-30)33-19-21-36(22-20-33)24-32-25-37(23-29-13-7-4-8-14-29)26-34(32)31-17-11-6-12-18-31/h4-18,28,32-34H,3,19-27H2,1-2H3. The maximum absolute atomic E-state index is 13.2. The number of hydrogen-bond acceptors (Lipinski definition) is 4. The van der Waals surface area contributed by atoms with Crippen LogP contribution >= 0.6 is 0 Å². The smallest absolute Gasteiger partial charge is 0.410 e. The van der Waals surface area contributed by atoms with Gasteiger partial charge in [-0.05, 0) is 48.8 Å². The number of rotatable bonds is 10. The molecule has 3 atom stereocenters. The van der Waals surface area contributed by atoms with E-state index >= 15 is 0 Å². The van der Waals surface area contributed by atoms with Crippen molar-refractivity contribution < 1.29 is 9.53 Å². The summed E-state index contributed by atoms with van der Waals surface area (Å²) in [6.45, 7) is 11.0. The molecule has 0 N–H and O–H groups in total. The second-order valence-corrected chi connectivity index (χ2v) is 11.7. The Balaban J connectivity index is 1.19. The predicted molar refractivity (Wildman–Crippen MR) is 162 cm³/mol. The van der Waals surface area contributed by atoms with Crippen molar-refractivity contribution in [2.75, 3.05) is 32.7 Å². The van der Waals surface area contributed by atoms with Gasteiger partial charge < -0.3 is 14.5 Å². The lowest BCUT2D eigenvalue weighted by molar-refractivity contribution is 0.0406. The Morgan fingerprint density at radius 2 is 1.45 bits per heavy atom. The first kappa shape index (κ1) is 28.4. The van der Waals surface area contributed by atoms with Gasteiger partial charge in [-0.15, -0.1) is 0 Å². The van der Waals surface area contributed by atoms with Crippen molar-refractivity contribution in [1.29, 1.82) is 0 Å². The molecule has 5 heteroatoms. The number of amides is 1. The highest BCUT2D eigenvalue weighted by molar-refractivity contribution is 5.68. The molecule has 1 amide bonds. The highest BCUT2D eigenvalue weighted by Crippen LogP contribution is 2.35. The number of piperidine rings is 1. The molecule has 2 aliphatic rings. The van der Waals surface area contributed by atoms with E-state index in [2.05, 4.69) is 84.3 Å². The van der Waals surface area contributed by atoms with Gasteiger partial charge in [0.05, 0.1) is 0 Å². The van der Waals surface area contributed by atoms with Gasteiger partial charge in [0.2, 0.25) is 0 Å². The first-order valence-corrected chi connectivity index (χ1v) is 15.1. The molecule has 0 aromatic heterocycles. The molecule has 3 aromatic carbocycles. The van der Waals surface area contributed by atoms with Crippen molar-refractivity contribution >= 4 is 6.09 Å². The van der Waals surface area contributed by atoms with Crippen molar-refractivity contribution in [3.8, 4) is 0 Å². The molecule has 0 radical (unpaired) electrons.